The molecular formula is C10H16NO3P. The van der Waals surface area contributed by atoms with Crippen LogP contribution >= 0.6 is 9.47 Å². The summed E-state index contributed by atoms with van der Waals surface area (Å²) in [5, 5.41) is 0. The fourth-order valence-electron chi connectivity index (χ4n) is 2.81. The van der Waals surface area contributed by atoms with Gasteiger partial charge in [-0.1, -0.05) is 6.92 Å². The van der Waals surface area contributed by atoms with E-state index in [-0.39, 0.29) is 41.7 Å². The van der Waals surface area contributed by atoms with Crippen LogP contribution in [0.1, 0.15) is 20.8 Å². The van der Waals surface area contributed by atoms with Crippen LogP contribution in [0, 0.1) is 11.8 Å². The Hall–Kier alpha value is -0.470. The maximum Gasteiger partial charge on any atom is 0.231 e. The Kier molecular flexibility index (Phi) is 2.60. The Labute approximate surface area is 91.6 Å². The van der Waals surface area contributed by atoms with Crippen molar-refractivity contribution in [1.82, 2.24) is 4.90 Å². The van der Waals surface area contributed by atoms with Gasteiger partial charge in [-0.2, -0.15) is 0 Å². The van der Waals surface area contributed by atoms with Crippen molar-refractivity contribution in [2.45, 2.75) is 39.0 Å². The van der Waals surface area contributed by atoms with Crippen LogP contribution in [0.2, 0.25) is 0 Å². The molecule has 4 nitrogen and oxygen atoms in total. The lowest BCUT2D eigenvalue weighted by Crippen LogP contribution is -2.64. The maximum atomic E-state index is 11.8. The number of ketones is 1. The van der Waals surface area contributed by atoms with Crippen molar-refractivity contribution in [2.24, 2.45) is 11.8 Å². The number of hydrogen-bond acceptors (Lipinski definition) is 3. The third-order valence-corrected chi connectivity index (χ3v) is 4.17. The molecule has 6 unspecified atom stereocenters. The van der Waals surface area contributed by atoms with E-state index in [0.717, 1.165) is 0 Å². The molecule has 2 aliphatic heterocycles. The third kappa shape index (κ3) is 1.28. The van der Waals surface area contributed by atoms with Crippen molar-refractivity contribution in [2.75, 3.05) is 0 Å². The number of β-lactam (4-membered cyclic amide) rings is 1. The van der Waals surface area contributed by atoms with Gasteiger partial charge in [-0.25, -0.2) is 0 Å². The van der Waals surface area contributed by atoms with Crippen LogP contribution in [0.25, 0.3) is 0 Å². The molecule has 0 aromatic carbocycles. The molecule has 2 rings (SSSR count). The van der Waals surface area contributed by atoms with E-state index >= 15 is 0 Å². The predicted molar refractivity (Wildman–Crippen MR) is 58.0 cm³/mol. The number of fused-ring (bicyclic) bond motifs is 1. The lowest BCUT2D eigenvalue weighted by molar-refractivity contribution is -0.162. The summed E-state index contributed by atoms with van der Waals surface area (Å²) in [5.74, 6) is 0.0312. The molecule has 2 aliphatic rings. The number of Topliss-reactive ketones (excluding diaryl/α,β-unsaturated/α-hetero) is 1. The molecule has 5 heteroatoms. The molecule has 0 bridgehead atoms. The molecule has 1 amide bonds. The summed E-state index contributed by atoms with van der Waals surface area (Å²) in [7, 11) is 2.18. The molecule has 15 heavy (non-hydrogen) atoms. The molecule has 84 valence electrons. The zero-order valence-corrected chi connectivity index (χ0v) is 10.3. The van der Waals surface area contributed by atoms with E-state index in [9.17, 15) is 9.59 Å². The van der Waals surface area contributed by atoms with Gasteiger partial charge in [0.05, 0.1) is 24.1 Å². The zero-order valence-electron chi connectivity index (χ0n) is 9.14. The van der Waals surface area contributed by atoms with Crippen molar-refractivity contribution in [3.63, 3.8) is 0 Å². The molecule has 0 aromatic heterocycles. The average molecular weight is 229 g/mol. The minimum absolute atomic E-state index is 0.0506. The normalized spacial score (nSPS) is 41.5. The molecule has 2 fully saturated rings. The number of carbonyl (C=O) groups is 2. The van der Waals surface area contributed by atoms with Gasteiger partial charge in [0.1, 0.15) is 0 Å². The summed E-state index contributed by atoms with van der Waals surface area (Å²) in [6.45, 7) is 5.57. The summed E-state index contributed by atoms with van der Waals surface area (Å²) >= 11 is 0. The molecule has 0 aromatic rings. The summed E-state index contributed by atoms with van der Waals surface area (Å²) < 4.78 is 5.11. The molecule has 6 atom stereocenters. The van der Waals surface area contributed by atoms with E-state index in [1.807, 2.05) is 13.8 Å². The Morgan fingerprint density at radius 3 is 2.53 bits per heavy atom. The van der Waals surface area contributed by atoms with Crippen molar-refractivity contribution >= 4 is 21.2 Å². The smallest absolute Gasteiger partial charge is 0.231 e. The second-order valence-corrected chi connectivity index (χ2v) is 4.74. The predicted octanol–water partition coefficient (Wildman–Crippen LogP) is 0.616. The van der Waals surface area contributed by atoms with Gasteiger partial charge < -0.3 is 9.42 Å². The van der Waals surface area contributed by atoms with Crippen molar-refractivity contribution in [3.05, 3.63) is 0 Å². The van der Waals surface area contributed by atoms with Gasteiger partial charge in [0, 0.05) is 15.4 Å². The fourth-order valence-corrected chi connectivity index (χ4v) is 2.98. The van der Waals surface area contributed by atoms with Crippen molar-refractivity contribution < 1.29 is 14.1 Å². The maximum absolute atomic E-state index is 11.8. The van der Waals surface area contributed by atoms with Crippen LogP contribution in [0.3, 0.4) is 0 Å². The first-order chi connectivity index (χ1) is 7.00. The molecule has 0 saturated carbocycles. The topological polar surface area (TPSA) is 46.6 Å². The highest BCUT2D eigenvalue weighted by Gasteiger charge is 2.61. The van der Waals surface area contributed by atoms with Crippen LogP contribution in [-0.2, 0) is 14.1 Å². The molecule has 0 N–H and O–H groups in total. The quantitative estimate of drug-likeness (QED) is 0.515. The highest BCUT2D eigenvalue weighted by atomic mass is 31.0. The number of amides is 1. The van der Waals surface area contributed by atoms with E-state index in [4.69, 9.17) is 4.52 Å². The second-order valence-electron chi connectivity index (χ2n) is 4.47. The third-order valence-electron chi connectivity index (χ3n) is 3.74. The van der Waals surface area contributed by atoms with Crippen molar-refractivity contribution in [1.29, 1.82) is 0 Å². The second kappa shape index (κ2) is 3.53. The highest BCUT2D eigenvalue weighted by molar-refractivity contribution is 7.09. The fraction of sp³-hybridized carbons (Fsp3) is 0.800. The number of nitrogens with zero attached hydrogens (tertiary/aromatic N) is 1. The van der Waals surface area contributed by atoms with E-state index < -0.39 is 0 Å². The van der Waals surface area contributed by atoms with Crippen LogP contribution in [-0.4, -0.2) is 34.8 Å². The molecular weight excluding hydrogens is 213 g/mol. The Morgan fingerprint density at radius 1 is 1.40 bits per heavy atom. The minimum Gasteiger partial charge on any atom is -0.362 e. The van der Waals surface area contributed by atoms with E-state index in [2.05, 4.69) is 9.47 Å². The van der Waals surface area contributed by atoms with E-state index in [1.54, 1.807) is 11.8 Å². The van der Waals surface area contributed by atoms with Crippen LogP contribution in [0.5, 0.6) is 0 Å². The first-order valence-electron chi connectivity index (χ1n) is 5.22. The monoisotopic (exact) mass is 229 g/mol. The van der Waals surface area contributed by atoms with Gasteiger partial charge in [0.15, 0.2) is 5.78 Å². The molecule has 0 aliphatic carbocycles. The van der Waals surface area contributed by atoms with E-state index in [1.165, 1.54) is 0 Å². The largest absolute Gasteiger partial charge is 0.362 e. The summed E-state index contributed by atoms with van der Waals surface area (Å²) in [4.78, 5) is 25.3. The standard InChI is InChI=1S/C10H16NO3P/c1-4-8-7(6(3)14-15)10(13)11(8)5(2)9(4)12/h4-8H,15H2,1-3H3. The molecule has 2 heterocycles. The van der Waals surface area contributed by atoms with Crippen molar-refractivity contribution in [3.8, 4) is 0 Å². The lowest BCUT2D eigenvalue weighted by Gasteiger charge is -2.47. The highest BCUT2D eigenvalue weighted by Crippen LogP contribution is 2.43. The number of rotatable bonds is 2. The SMILES string of the molecule is CC(OP)C1C(=O)N2C(C)C(=O)C(C)C12. The van der Waals surface area contributed by atoms with Gasteiger partial charge >= 0.3 is 0 Å². The molecule has 2 saturated heterocycles. The van der Waals surface area contributed by atoms with Gasteiger partial charge in [-0.3, -0.25) is 9.59 Å². The number of hydrogen-bond donors (Lipinski definition) is 0. The average Bonchev–Trinajstić information content (AvgIpc) is 2.39. The summed E-state index contributed by atoms with van der Waals surface area (Å²) in [6.07, 6.45) is -0.135. The summed E-state index contributed by atoms with van der Waals surface area (Å²) in [5.41, 5.74) is 0. The lowest BCUT2D eigenvalue weighted by atomic mass is 9.79. The Bertz CT molecular complexity index is 320. The van der Waals surface area contributed by atoms with Crippen LogP contribution < -0.4 is 0 Å². The van der Waals surface area contributed by atoms with Gasteiger partial charge in [0.25, 0.3) is 0 Å². The Morgan fingerprint density at radius 2 is 2.00 bits per heavy atom. The molecule has 0 radical (unpaired) electrons. The van der Waals surface area contributed by atoms with Crippen LogP contribution in [0.4, 0.5) is 0 Å². The Balaban J connectivity index is 2.22. The first kappa shape index (κ1) is 11.0. The first-order valence-corrected chi connectivity index (χ1v) is 5.69. The van der Waals surface area contributed by atoms with Gasteiger partial charge in [-0.15, -0.1) is 0 Å². The van der Waals surface area contributed by atoms with Crippen LogP contribution in [0.15, 0.2) is 0 Å². The van der Waals surface area contributed by atoms with E-state index in [0.29, 0.717) is 0 Å². The van der Waals surface area contributed by atoms with Gasteiger partial charge in [0.2, 0.25) is 5.91 Å². The number of carbonyl (C=O) groups excluding carboxylic acids is 2. The van der Waals surface area contributed by atoms with Gasteiger partial charge in [-0.05, 0) is 13.8 Å². The summed E-state index contributed by atoms with van der Waals surface area (Å²) in [6, 6.07) is -0.194. The minimum atomic E-state index is -0.245. The molecule has 0 spiro atoms. The zero-order chi connectivity index (χ0) is 11.3.